The van der Waals surface area contributed by atoms with Gasteiger partial charge in [0.2, 0.25) is 0 Å². The second-order valence-corrected chi connectivity index (χ2v) is 5.17. The van der Waals surface area contributed by atoms with Gasteiger partial charge in [-0.15, -0.1) is 0 Å². The van der Waals surface area contributed by atoms with Crippen LogP contribution in [-0.4, -0.2) is 16.1 Å². The Kier molecular flexibility index (Phi) is 3.90. The Balaban J connectivity index is 2.22. The summed E-state index contributed by atoms with van der Waals surface area (Å²) in [5, 5.41) is 10.0. The Morgan fingerprint density at radius 3 is 2.32 bits per heavy atom. The van der Waals surface area contributed by atoms with Crippen molar-refractivity contribution in [1.29, 1.82) is 0 Å². The van der Waals surface area contributed by atoms with E-state index in [1.807, 2.05) is 36.4 Å². The van der Waals surface area contributed by atoms with Crippen molar-refractivity contribution in [3.05, 3.63) is 77.4 Å². The van der Waals surface area contributed by atoms with Crippen LogP contribution in [0.25, 0.3) is 22.4 Å². The lowest BCUT2D eigenvalue weighted by Gasteiger charge is -2.11. The first-order valence-corrected chi connectivity index (χ1v) is 7.08. The van der Waals surface area contributed by atoms with E-state index < -0.39 is 5.97 Å². The van der Waals surface area contributed by atoms with Crippen molar-refractivity contribution in [3.8, 4) is 22.4 Å². The Bertz CT molecular complexity index is 817. The fourth-order valence-corrected chi connectivity index (χ4v) is 2.60. The minimum Gasteiger partial charge on any atom is -0.478 e. The van der Waals surface area contributed by atoms with Crippen molar-refractivity contribution >= 4 is 17.6 Å². The summed E-state index contributed by atoms with van der Waals surface area (Å²) >= 11 is 6.37. The van der Waals surface area contributed by atoms with Crippen molar-refractivity contribution < 1.29 is 9.90 Å². The highest BCUT2D eigenvalue weighted by atomic mass is 35.5. The molecule has 0 atom stereocenters. The molecular weight excluding hydrogens is 298 g/mol. The first-order chi connectivity index (χ1) is 10.7. The molecule has 0 spiro atoms. The third-order valence-corrected chi connectivity index (χ3v) is 3.68. The summed E-state index contributed by atoms with van der Waals surface area (Å²) in [6, 6.07) is 18.1. The van der Waals surface area contributed by atoms with E-state index in [0.29, 0.717) is 21.8 Å². The van der Waals surface area contributed by atoms with Crippen LogP contribution >= 0.6 is 11.6 Å². The van der Waals surface area contributed by atoms with Crippen LogP contribution in [0.3, 0.4) is 0 Å². The highest BCUT2D eigenvalue weighted by molar-refractivity contribution is 6.34. The number of benzene rings is 2. The van der Waals surface area contributed by atoms with Gasteiger partial charge < -0.3 is 5.11 Å². The molecule has 2 aromatic carbocycles. The monoisotopic (exact) mass is 309 g/mol. The van der Waals surface area contributed by atoms with Gasteiger partial charge in [-0.2, -0.15) is 0 Å². The largest absolute Gasteiger partial charge is 0.478 e. The Morgan fingerprint density at radius 1 is 0.955 bits per heavy atom. The number of carbonyl (C=O) groups is 1. The zero-order chi connectivity index (χ0) is 15.5. The summed E-state index contributed by atoms with van der Waals surface area (Å²) in [6.45, 7) is 0. The number of hydrogen-bond donors (Lipinski definition) is 1. The molecule has 3 aromatic rings. The standard InChI is InChI=1S/C18H12ClNO2/c19-16-11-14(17-8-4-5-9-20-17)15(18(21)22)10-13(16)12-6-2-1-3-7-12/h1-11H,(H,21,22). The van der Waals surface area contributed by atoms with Gasteiger partial charge in [0.05, 0.1) is 11.3 Å². The van der Waals surface area contributed by atoms with Gasteiger partial charge in [0.1, 0.15) is 0 Å². The van der Waals surface area contributed by atoms with Gasteiger partial charge in [-0.25, -0.2) is 4.79 Å². The lowest BCUT2D eigenvalue weighted by molar-refractivity contribution is 0.0697. The number of aromatic nitrogens is 1. The summed E-state index contributed by atoms with van der Waals surface area (Å²) in [5.74, 6) is -1.01. The van der Waals surface area contributed by atoms with E-state index in [0.717, 1.165) is 5.56 Å². The van der Waals surface area contributed by atoms with E-state index in [1.54, 1.807) is 30.5 Å². The maximum atomic E-state index is 11.6. The molecule has 0 saturated carbocycles. The predicted octanol–water partition coefficient (Wildman–Crippen LogP) is 4.77. The van der Waals surface area contributed by atoms with E-state index in [4.69, 9.17) is 11.6 Å². The van der Waals surface area contributed by atoms with Gasteiger partial charge in [-0.3, -0.25) is 4.98 Å². The van der Waals surface area contributed by atoms with Crippen LogP contribution in [0.5, 0.6) is 0 Å². The number of rotatable bonds is 3. The van der Waals surface area contributed by atoms with Crippen LogP contribution < -0.4 is 0 Å². The molecule has 4 heteroatoms. The molecule has 0 fully saturated rings. The van der Waals surface area contributed by atoms with E-state index >= 15 is 0 Å². The molecule has 0 aliphatic carbocycles. The number of carboxylic acids is 1. The molecule has 1 aromatic heterocycles. The average Bonchev–Trinajstić information content (AvgIpc) is 2.56. The van der Waals surface area contributed by atoms with Crippen LogP contribution in [0.1, 0.15) is 10.4 Å². The SMILES string of the molecule is O=C(O)c1cc(-c2ccccc2)c(Cl)cc1-c1ccccn1. The Labute approximate surface area is 132 Å². The second-order valence-electron chi connectivity index (χ2n) is 4.76. The van der Waals surface area contributed by atoms with Gasteiger partial charge in [0.15, 0.2) is 0 Å². The molecular formula is C18H12ClNO2. The lowest BCUT2D eigenvalue weighted by Crippen LogP contribution is -2.01. The van der Waals surface area contributed by atoms with Crippen molar-refractivity contribution in [2.75, 3.05) is 0 Å². The number of pyridine rings is 1. The molecule has 0 saturated heterocycles. The number of carboxylic acid groups (broad SMARTS) is 1. The summed E-state index contributed by atoms with van der Waals surface area (Å²) in [4.78, 5) is 15.8. The summed E-state index contributed by atoms with van der Waals surface area (Å²) in [5.41, 5.74) is 2.85. The fraction of sp³-hybridized carbons (Fsp3) is 0. The average molecular weight is 310 g/mol. The molecule has 0 aliphatic heterocycles. The van der Waals surface area contributed by atoms with Crippen LogP contribution in [0.4, 0.5) is 0 Å². The van der Waals surface area contributed by atoms with Crippen molar-refractivity contribution in [1.82, 2.24) is 4.98 Å². The molecule has 1 heterocycles. The summed E-state index contributed by atoms with van der Waals surface area (Å²) in [7, 11) is 0. The minimum atomic E-state index is -1.01. The van der Waals surface area contributed by atoms with E-state index in [-0.39, 0.29) is 5.56 Å². The first-order valence-electron chi connectivity index (χ1n) is 6.70. The normalized spacial score (nSPS) is 10.4. The quantitative estimate of drug-likeness (QED) is 0.758. The van der Waals surface area contributed by atoms with Gasteiger partial charge in [0.25, 0.3) is 0 Å². The molecule has 0 unspecified atom stereocenters. The lowest BCUT2D eigenvalue weighted by atomic mass is 9.97. The molecule has 0 bridgehead atoms. The molecule has 3 rings (SSSR count). The van der Waals surface area contributed by atoms with E-state index in [2.05, 4.69) is 4.98 Å². The highest BCUT2D eigenvalue weighted by Crippen LogP contribution is 2.34. The van der Waals surface area contributed by atoms with Gasteiger partial charge in [-0.1, -0.05) is 48.0 Å². The molecule has 3 nitrogen and oxygen atoms in total. The number of halogens is 1. The third kappa shape index (κ3) is 2.71. The summed E-state index contributed by atoms with van der Waals surface area (Å²) in [6.07, 6.45) is 1.62. The number of aromatic carboxylic acids is 1. The maximum Gasteiger partial charge on any atom is 0.336 e. The molecule has 0 amide bonds. The van der Waals surface area contributed by atoms with E-state index in [1.165, 1.54) is 0 Å². The molecule has 0 radical (unpaired) electrons. The number of nitrogens with zero attached hydrogens (tertiary/aromatic N) is 1. The molecule has 108 valence electrons. The van der Waals surface area contributed by atoms with Crippen molar-refractivity contribution in [3.63, 3.8) is 0 Å². The topological polar surface area (TPSA) is 50.2 Å². The van der Waals surface area contributed by atoms with Gasteiger partial charge >= 0.3 is 5.97 Å². The van der Waals surface area contributed by atoms with Gasteiger partial charge in [0, 0.05) is 22.3 Å². The van der Waals surface area contributed by atoms with Crippen molar-refractivity contribution in [2.45, 2.75) is 0 Å². The zero-order valence-electron chi connectivity index (χ0n) is 11.5. The number of hydrogen-bond acceptors (Lipinski definition) is 2. The Morgan fingerprint density at radius 2 is 1.68 bits per heavy atom. The molecule has 22 heavy (non-hydrogen) atoms. The van der Waals surface area contributed by atoms with E-state index in [9.17, 15) is 9.90 Å². The Hall–Kier alpha value is -2.65. The van der Waals surface area contributed by atoms with Crippen LogP contribution in [0.2, 0.25) is 5.02 Å². The molecule has 1 N–H and O–H groups in total. The maximum absolute atomic E-state index is 11.6. The third-order valence-electron chi connectivity index (χ3n) is 3.36. The van der Waals surface area contributed by atoms with Crippen LogP contribution in [0.15, 0.2) is 66.9 Å². The van der Waals surface area contributed by atoms with Crippen LogP contribution in [-0.2, 0) is 0 Å². The van der Waals surface area contributed by atoms with Gasteiger partial charge in [-0.05, 0) is 29.8 Å². The fourth-order valence-electron chi connectivity index (χ4n) is 2.32. The van der Waals surface area contributed by atoms with Crippen LogP contribution in [0, 0.1) is 0 Å². The highest BCUT2D eigenvalue weighted by Gasteiger charge is 2.17. The molecule has 0 aliphatic rings. The first kappa shape index (κ1) is 14.3. The second kappa shape index (κ2) is 6.00. The minimum absolute atomic E-state index is 0.182. The summed E-state index contributed by atoms with van der Waals surface area (Å²) < 4.78 is 0. The van der Waals surface area contributed by atoms with Crippen molar-refractivity contribution in [2.24, 2.45) is 0 Å². The predicted molar refractivity (Wildman–Crippen MR) is 87.1 cm³/mol. The zero-order valence-corrected chi connectivity index (χ0v) is 12.3. The smallest absolute Gasteiger partial charge is 0.336 e.